The number of rotatable bonds is 6. The summed E-state index contributed by atoms with van der Waals surface area (Å²) in [7, 11) is 2.10. The van der Waals surface area contributed by atoms with Crippen LogP contribution in [0.4, 0.5) is 0 Å². The van der Waals surface area contributed by atoms with Crippen molar-refractivity contribution in [3.05, 3.63) is 34.9 Å². The lowest BCUT2D eigenvalue weighted by Gasteiger charge is -2.36. The van der Waals surface area contributed by atoms with Gasteiger partial charge >= 0.3 is 0 Å². The first-order chi connectivity index (χ1) is 10.2. The summed E-state index contributed by atoms with van der Waals surface area (Å²) in [5.74, 6) is 0. The molecule has 0 bridgehead atoms. The average molecular weight is 288 g/mol. The normalized spacial score (nSPS) is 18.1. The molecule has 1 aromatic carbocycles. The van der Waals surface area contributed by atoms with Crippen molar-refractivity contribution >= 4 is 0 Å². The predicted octanol–water partition coefficient (Wildman–Crippen LogP) is 4.22. The second-order valence-corrected chi connectivity index (χ2v) is 6.58. The molecular formula is C19H32N2. The third-order valence-electron chi connectivity index (χ3n) is 5.07. The minimum atomic E-state index is 0.437. The van der Waals surface area contributed by atoms with E-state index in [9.17, 15) is 0 Å². The molecule has 0 saturated heterocycles. The van der Waals surface area contributed by atoms with Crippen molar-refractivity contribution < 1.29 is 0 Å². The van der Waals surface area contributed by atoms with Crippen molar-refractivity contribution in [3.8, 4) is 0 Å². The Bertz CT molecular complexity index is 435. The molecule has 0 amide bonds. The Hall–Kier alpha value is -0.860. The highest BCUT2D eigenvalue weighted by atomic mass is 15.2. The zero-order valence-corrected chi connectivity index (χ0v) is 14.3. The molecule has 21 heavy (non-hydrogen) atoms. The van der Waals surface area contributed by atoms with Crippen LogP contribution in [0.3, 0.4) is 0 Å². The zero-order chi connectivity index (χ0) is 15.2. The van der Waals surface area contributed by atoms with Crippen LogP contribution in [0.5, 0.6) is 0 Å². The Kier molecular flexibility index (Phi) is 6.25. The first kappa shape index (κ1) is 16.5. The molecule has 1 aliphatic rings. The third-order valence-corrected chi connectivity index (χ3v) is 5.07. The van der Waals surface area contributed by atoms with Crippen LogP contribution in [0.2, 0.25) is 0 Å². The molecule has 1 fully saturated rings. The summed E-state index contributed by atoms with van der Waals surface area (Å²) in [5.41, 5.74) is 4.22. The van der Waals surface area contributed by atoms with Crippen LogP contribution in [0.15, 0.2) is 18.2 Å². The highest BCUT2D eigenvalue weighted by Crippen LogP contribution is 2.26. The second-order valence-electron chi connectivity index (χ2n) is 6.58. The first-order valence-electron chi connectivity index (χ1n) is 8.64. The standard InChI is InChI=1S/C19H32N2/c1-5-21(17-9-7-6-8-10-17)14-19(20-4)18-13-15(2)11-12-16(18)3/h11-13,17,19-20H,5-10,14H2,1-4H3. The summed E-state index contributed by atoms with van der Waals surface area (Å²) in [6, 6.07) is 8.05. The van der Waals surface area contributed by atoms with Crippen LogP contribution in [-0.2, 0) is 0 Å². The second kappa shape index (κ2) is 7.95. The number of nitrogens with zero attached hydrogens (tertiary/aromatic N) is 1. The Morgan fingerprint density at radius 2 is 1.90 bits per heavy atom. The van der Waals surface area contributed by atoms with Gasteiger partial charge in [0.1, 0.15) is 0 Å². The summed E-state index contributed by atoms with van der Waals surface area (Å²) < 4.78 is 0. The number of nitrogens with one attached hydrogen (secondary N) is 1. The van der Waals surface area contributed by atoms with E-state index in [1.165, 1.54) is 48.8 Å². The minimum Gasteiger partial charge on any atom is -0.312 e. The number of benzene rings is 1. The van der Waals surface area contributed by atoms with Gasteiger partial charge in [-0.2, -0.15) is 0 Å². The predicted molar refractivity (Wildman–Crippen MR) is 91.8 cm³/mol. The quantitative estimate of drug-likeness (QED) is 0.843. The Morgan fingerprint density at radius 1 is 1.19 bits per heavy atom. The highest BCUT2D eigenvalue weighted by Gasteiger charge is 2.23. The molecule has 0 aromatic heterocycles. The van der Waals surface area contributed by atoms with Crippen molar-refractivity contribution in [2.75, 3.05) is 20.1 Å². The van der Waals surface area contributed by atoms with Gasteiger partial charge in [-0.25, -0.2) is 0 Å². The van der Waals surface area contributed by atoms with Gasteiger partial charge in [0.25, 0.3) is 0 Å². The summed E-state index contributed by atoms with van der Waals surface area (Å²) in [6.07, 6.45) is 7.03. The molecule has 1 saturated carbocycles. The molecule has 1 aromatic rings. The van der Waals surface area contributed by atoms with E-state index in [0.717, 1.165) is 19.1 Å². The molecule has 2 heteroatoms. The maximum absolute atomic E-state index is 3.55. The van der Waals surface area contributed by atoms with Crippen molar-refractivity contribution in [3.63, 3.8) is 0 Å². The Labute approximate surface area is 130 Å². The molecule has 1 aliphatic carbocycles. The van der Waals surface area contributed by atoms with Crippen LogP contribution in [-0.4, -0.2) is 31.1 Å². The van der Waals surface area contributed by atoms with Crippen molar-refractivity contribution in [1.29, 1.82) is 0 Å². The Balaban J connectivity index is 2.10. The molecule has 0 radical (unpaired) electrons. The summed E-state index contributed by atoms with van der Waals surface area (Å²) in [4.78, 5) is 2.70. The van der Waals surface area contributed by atoms with Gasteiger partial charge in [0, 0.05) is 18.6 Å². The van der Waals surface area contributed by atoms with Crippen molar-refractivity contribution in [1.82, 2.24) is 10.2 Å². The maximum atomic E-state index is 3.55. The van der Waals surface area contributed by atoms with E-state index in [1.54, 1.807) is 0 Å². The fraction of sp³-hybridized carbons (Fsp3) is 0.684. The fourth-order valence-corrected chi connectivity index (χ4v) is 3.70. The van der Waals surface area contributed by atoms with E-state index < -0.39 is 0 Å². The van der Waals surface area contributed by atoms with E-state index in [0.29, 0.717) is 6.04 Å². The average Bonchev–Trinajstić information content (AvgIpc) is 2.52. The van der Waals surface area contributed by atoms with Crippen LogP contribution >= 0.6 is 0 Å². The molecule has 118 valence electrons. The van der Waals surface area contributed by atoms with Crippen LogP contribution < -0.4 is 5.32 Å². The van der Waals surface area contributed by atoms with Crippen LogP contribution in [0.1, 0.15) is 61.8 Å². The molecule has 1 N–H and O–H groups in total. The third kappa shape index (κ3) is 4.31. The first-order valence-corrected chi connectivity index (χ1v) is 8.64. The van der Waals surface area contributed by atoms with Gasteiger partial charge in [0.05, 0.1) is 0 Å². The summed E-state index contributed by atoms with van der Waals surface area (Å²) in [5, 5.41) is 3.55. The van der Waals surface area contributed by atoms with E-state index in [4.69, 9.17) is 0 Å². The monoisotopic (exact) mass is 288 g/mol. The van der Waals surface area contributed by atoms with E-state index in [-0.39, 0.29) is 0 Å². The summed E-state index contributed by atoms with van der Waals surface area (Å²) >= 11 is 0. The SMILES string of the molecule is CCN(CC(NC)c1cc(C)ccc1C)C1CCCCC1. The van der Waals surface area contributed by atoms with Crippen LogP contribution in [0.25, 0.3) is 0 Å². The number of aryl methyl sites for hydroxylation is 2. The van der Waals surface area contributed by atoms with Crippen molar-refractivity contribution in [2.24, 2.45) is 0 Å². The molecular weight excluding hydrogens is 256 g/mol. The largest absolute Gasteiger partial charge is 0.312 e. The topological polar surface area (TPSA) is 15.3 Å². The molecule has 2 nitrogen and oxygen atoms in total. The van der Waals surface area contributed by atoms with Gasteiger partial charge in [-0.15, -0.1) is 0 Å². The van der Waals surface area contributed by atoms with Gasteiger partial charge in [0.2, 0.25) is 0 Å². The van der Waals surface area contributed by atoms with E-state index in [1.807, 2.05) is 0 Å². The summed E-state index contributed by atoms with van der Waals surface area (Å²) in [6.45, 7) is 9.02. The lowest BCUT2D eigenvalue weighted by Crippen LogP contribution is -2.41. The lowest BCUT2D eigenvalue weighted by atomic mass is 9.92. The van der Waals surface area contributed by atoms with Gasteiger partial charge in [-0.05, 0) is 51.4 Å². The fourth-order valence-electron chi connectivity index (χ4n) is 3.70. The highest BCUT2D eigenvalue weighted by molar-refractivity contribution is 5.33. The number of likely N-dealkylation sites (N-methyl/N-ethyl adjacent to an activating group) is 2. The van der Waals surface area contributed by atoms with Crippen molar-refractivity contribution in [2.45, 2.75) is 65.0 Å². The van der Waals surface area contributed by atoms with E-state index in [2.05, 4.69) is 56.2 Å². The van der Waals surface area contributed by atoms with Gasteiger partial charge in [-0.1, -0.05) is 49.9 Å². The molecule has 0 spiro atoms. The van der Waals surface area contributed by atoms with Gasteiger partial charge in [-0.3, -0.25) is 4.90 Å². The van der Waals surface area contributed by atoms with Crippen LogP contribution in [0, 0.1) is 13.8 Å². The maximum Gasteiger partial charge on any atom is 0.0449 e. The molecule has 2 rings (SSSR count). The minimum absolute atomic E-state index is 0.437. The molecule has 1 unspecified atom stereocenters. The number of hydrogen-bond donors (Lipinski definition) is 1. The molecule has 0 aliphatic heterocycles. The molecule has 0 heterocycles. The zero-order valence-electron chi connectivity index (χ0n) is 14.3. The lowest BCUT2D eigenvalue weighted by molar-refractivity contribution is 0.149. The Morgan fingerprint density at radius 3 is 2.52 bits per heavy atom. The number of hydrogen-bond acceptors (Lipinski definition) is 2. The van der Waals surface area contributed by atoms with E-state index >= 15 is 0 Å². The smallest absolute Gasteiger partial charge is 0.0449 e. The van der Waals surface area contributed by atoms with Gasteiger partial charge in [0.15, 0.2) is 0 Å². The molecule has 1 atom stereocenters. The van der Waals surface area contributed by atoms with Gasteiger partial charge < -0.3 is 5.32 Å².